The largest absolute Gasteiger partial charge is 0.388 e. The van der Waals surface area contributed by atoms with Gasteiger partial charge >= 0.3 is 0 Å². The molecule has 1 heterocycles. The van der Waals surface area contributed by atoms with Crippen LogP contribution in [0.1, 0.15) is 41.6 Å². The maximum absolute atomic E-state index is 9.91. The van der Waals surface area contributed by atoms with Gasteiger partial charge in [0.05, 0.1) is 5.60 Å². The summed E-state index contributed by atoms with van der Waals surface area (Å²) in [6, 6.07) is 2.76. The molecule has 1 fully saturated rings. The summed E-state index contributed by atoms with van der Waals surface area (Å²) in [5, 5.41) is 9.91. The maximum atomic E-state index is 9.91. The lowest BCUT2D eigenvalue weighted by Gasteiger charge is -2.48. The second kappa shape index (κ2) is 4.06. The Morgan fingerprint density at radius 2 is 2.06 bits per heavy atom. The molecule has 98 valence electrons. The number of β-amino-alcohol motifs (C(OH)–C–C–N with tert-alkyl or cyclic N) is 1. The number of aliphatic hydroxyl groups is 1. The van der Waals surface area contributed by atoms with Crippen molar-refractivity contribution in [3.05, 3.63) is 32.8 Å². The Morgan fingerprint density at radius 3 is 2.67 bits per heavy atom. The van der Waals surface area contributed by atoms with Crippen molar-refractivity contribution in [1.29, 1.82) is 0 Å². The summed E-state index contributed by atoms with van der Waals surface area (Å²) in [6.07, 6.45) is 2.37. The predicted molar refractivity (Wildman–Crippen MR) is 76.9 cm³/mol. The number of hydrogen-bond acceptors (Lipinski definition) is 2. The van der Waals surface area contributed by atoms with E-state index in [0.29, 0.717) is 6.04 Å². The second-order valence-electron chi connectivity index (χ2n) is 6.15. The molecule has 2 aliphatic rings. The van der Waals surface area contributed by atoms with Gasteiger partial charge < -0.3 is 5.11 Å². The number of halogens is 1. The first kappa shape index (κ1) is 12.6. The molecule has 0 saturated carbocycles. The van der Waals surface area contributed by atoms with Gasteiger partial charge in [-0.25, -0.2) is 0 Å². The smallest absolute Gasteiger partial charge is 0.0872 e. The molecule has 3 heteroatoms. The van der Waals surface area contributed by atoms with E-state index in [1.54, 1.807) is 0 Å². The van der Waals surface area contributed by atoms with Gasteiger partial charge in [-0.3, -0.25) is 4.90 Å². The summed E-state index contributed by atoms with van der Waals surface area (Å²) in [7, 11) is 0. The molecular weight excluding hydrogens is 290 g/mol. The Balaban J connectivity index is 1.95. The maximum Gasteiger partial charge on any atom is 0.0872 e. The first-order valence-electron chi connectivity index (χ1n) is 6.64. The summed E-state index contributed by atoms with van der Waals surface area (Å²) in [6.45, 7) is 7.96. The first-order valence-corrected chi connectivity index (χ1v) is 7.43. The van der Waals surface area contributed by atoms with Gasteiger partial charge in [0.15, 0.2) is 0 Å². The minimum absolute atomic E-state index is 0.471. The van der Waals surface area contributed by atoms with Crippen molar-refractivity contribution in [3.8, 4) is 0 Å². The second-order valence-corrected chi connectivity index (χ2v) is 7.00. The molecule has 1 N–H and O–H groups in total. The van der Waals surface area contributed by atoms with E-state index in [1.165, 1.54) is 39.6 Å². The van der Waals surface area contributed by atoms with Gasteiger partial charge in [-0.2, -0.15) is 0 Å². The summed E-state index contributed by atoms with van der Waals surface area (Å²) < 4.78 is 1.23. The lowest BCUT2D eigenvalue weighted by molar-refractivity contribution is -0.103. The van der Waals surface area contributed by atoms with Crippen LogP contribution >= 0.6 is 15.9 Å². The minimum Gasteiger partial charge on any atom is -0.388 e. The van der Waals surface area contributed by atoms with Gasteiger partial charge in [-0.1, -0.05) is 15.9 Å². The van der Waals surface area contributed by atoms with Gasteiger partial charge in [-0.05, 0) is 61.9 Å². The van der Waals surface area contributed by atoms with E-state index in [9.17, 15) is 5.11 Å². The minimum atomic E-state index is -0.471. The van der Waals surface area contributed by atoms with E-state index in [4.69, 9.17) is 0 Å². The lowest BCUT2D eigenvalue weighted by Crippen LogP contribution is -2.60. The number of benzene rings is 1. The Kier molecular flexibility index (Phi) is 2.85. The summed E-state index contributed by atoms with van der Waals surface area (Å²) in [5.74, 6) is 0. The van der Waals surface area contributed by atoms with Crippen molar-refractivity contribution in [2.75, 3.05) is 13.1 Å². The quantitative estimate of drug-likeness (QED) is 0.861. The monoisotopic (exact) mass is 309 g/mol. The molecule has 0 aromatic heterocycles. The highest BCUT2D eigenvalue weighted by Gasteiger charge is 2.43. The molecule has 1 unspecified atom stereocenters. The SMILES string of the molecule is Cc1cc(Br)c(C)c2c1C(N1CC(C)(O)C1)CC2. The van der Waals surface area contributed by atoms with Gasteiger partial charge in [0.2, 0.25) is 0 Å². The van der Waals surface area contributed by atoms with Gasteiger partial charge in [0, 0.05) is 23.6 Å². The summed E-state index contributed by atoms with van der Waals surface area (Å²) >= 11 is 3.65. The standard InChI is InChI=1S/C15H20BrNO/c1-9-6-12(16)10(2)11-4-5-13(14(9)11)17-7-15(3,18)8-17/h6,13,18H,4-5,7-8H2,1-3H3. The zero-order valence-corrected chi connectivity index (χ0v) is 12.8. The lowest BCUT2D eigenvalue weighted by atomic mass is 9.91. The molecule has 0 amide bonds. The molecule has 1 atom stereocenters. The van der Waals surface area contributed by atoms with Gasteiger partial charge in [0.1, 0.15) is 0 Å². The Bertz CT molecular complexity index is 502. The van der Waals surface area contributed by atoms with E-state index in [2.05, 4.69) is 40.7 Å². The zero-order chi connectivity index (χ0) is 13.1. The molecule has 2 nitrogen and oxygen atoms in total. The number of fused-ring (bicyclic) bond motifs is 1. The molecular formula is C15H20BrNO. The predicted octanol–water partition coefficient (Wildman–Crippen LogP) is 3.12. The van der Waals surface area contributed by atoms with Crippen LogP contribution in [0, 0.1) is 13.8 Å². The average molecular weight is 310 g/mol. The number of aryl methyl sites for hydroxylation is 1. The molecule has 0 bridgehead atoms. The van der Waals surface area contributed by atoms with Crippen molar-refractivity contribution >= 4 is 15.9 Å². The van der Waals surface area contributed by atoms with Crippen LogP contribution in [0.5, 0.6) is 0 Å². The van der Waals surface area contributed by atoms with E-state index in [-0.39, 0.29) is 0 Å². The number of hydrogen-bond donors (Lipinski definition) is 1. The fourth-order valence-corrected chi connectivity index (χ4v) is 4.17. The highest BCUT2D eigenvalue weighted by molar-refractivity contribution is 9.10. The van der Waals surface area contributed by atoms with Crippen molar-refractivity contribution in [1.82, 2.24) is 4.90 Å². The molecule has 1 aliphatic carbocycles. The van der Waals surface area contributed by atoms with Gasteiger partial charge in [-0.15, -0.1) is 0 Å². The fraction of sp³-hybridized carbons (Fsp3) is 0.600. The Hall–Kier alpha value is -0.380. The molecule has 3 rings (SSSR count). The molecule has 1 saturated heterocycles. The van der Waals surface area contributed by atoms with Gasteiger partial charge in [0.25, 0.3) is 0 Å². The van der Waals surface area contributed by atoms with Crippen molar-refractivity contribution in [3.63, 3.8) is 0 Å². The fourth-order valence-electron chi connectivity index (χ4n) is 3.59. The van der Waals surface area contributed by atoms with Crippen LogP contribution in [0.4, 0.5) is 0 Å². The third-order valence-corrected chi connectivity index (χ3v) is 5.26. The summed E-state index contributed by atoms with van der Waals surface area (Å²) in [5.41, 5.74) is 5.35. The van der Waals surface area contributed by atoms with E-state index < -0.39 is 5.60 Å². The van der Waals surface area contributed by atoms with Crippen molar-refractivity contribution in [2.45, 2.75) is 45.3 Å². The number of likely N-dealkylation sites (tertiary alicyclic amines) is 1. The topological polar surface area (TPSA) is 23.5 Å². The van der Waals surface area contributed by atoms with Crippen LogP contribution in [-0.4, -0.2) is 28.7 Å². The number of nitrogens with zero attached hydrogens (tertiary/aromatic N) is 1. The van der Waals surface area contributed by atoms with Crippen molar-refractivity contribution < 1.29 is 5.11 Å². The van der Waals surface area contributed by atoms with Crippen LogP contribution in [0.2, 0.25) is 0 Å². The van der Waals surface area contributed by atoms with Crippen molar-refractivity contribution in [2.24, 2.45) is 0 Å². The molecule has 18 heavy (non-hydrogen) atoms. The highest BCUT2D eigenvalue weighted by Crippen LogP contribution is 2.44. The molecule has 1 aromatic rings. The molecule has 1 aromatic carbocycles. The molecule has 0 spiro atoms. The van der Waals surface area contributed by atoms with Crippen LogP contribution in [0.3, 0.4) is 0 Å². The van der Waals surface area contributed by atoms with Crippen LogP contribution in [-0.2, 0) is 6.42 Å². The third kappa shape index (κ3) is 1.84. The number of rotatable bonds is 1. The normalized spacial score (nSPS) is 25.9. The van der Waals surface area contributed by atoms with Crippen LogP contribution in [0.15, 0.2) is 10.5 Å². The zero-order valence-electron chi connectivity index (χ0n) is 11.3. The summed E-state index contributed by atoms with van der Waals surface area (Å²) in [4.78, 5) is 2.42. The van der Waals surface area contributed by atoms with E-state index in [0.717, 1.165) is 13.1 Å². The van der Waals surface area contributed by atoms with E-state index >= 15 is 0 Å². The Morgan fingerprint density at radius 1 is 1.39 bits per heavy atom. The highest BCUT2D eigenvalue weighted by atomic mass is 79.9. The Labute approximate surface area is 117 Å². The van der Waals surface area contributed by atoms with Crippen LogP contribution in [0.25, 0.3) is 0 Å². The van der Waals surface area contributed by atoms with E-state index in [1.807, 2.05) is 6.92 Å². The van der Waals surface area contributed by atoms with Crippen LogP contribution < -0.4 is 0 Å². The third-order valence-electron chi connectivity index (χ3n) is 4.43. The molecule has 1 aliphatic heterocycles. The molecule has 0 radical (unpaired) electrons. The average Bonchev–Trinajstić information content (AvgIpc) is 2.67. The first-order chi connectivity index (χ1) is 8.39.